The molecule has 1 fully saturated rings. The number of halogens is 1. The Hall–Kier alpha value is -3.01. The third kappa shape index (κ3) is 4.74. The van der Waals surface area contributed by atoms with Crippen LogP contribution >= 0.6 is 11.6 Å². The normalized spacial score (nSPS) is 15.8. The molecular weight excluding hydrogens is 428 g/mol. The molecule has 0 bridgehead atoms. The second-order valence-electron chi connectivity index (χ2n) is 8.01. The molecule has 2 aromatic carbocycles. The molecule has 0 atom stereocenters. The van der Waals surface area contributed by atoms with Gasteiger partial charge in [-0.3, -0.25) is 9.69 Å². The van der Waals surface area contributed by atoms with Gasteiger partial charge < -0.3 is 14.4 Å². The number of methoxy groups -OCH3 is 1. The number of benzene rings is 2. The first kappa shape index (κ1) is 22.2. The van der Waals surface area contributed by atoms with E-state index in [1.165, 1.54) is 5.56 Å². The fourth-order valence-corrected chi connectivity index (χ4v) is 4.37. The van der Waals surface area contributed by atoms with E-state index < -0.39 is 0 Å². The van der Waals surface area contributed by atoms with Gasteiger partial charge in [-0.1, -0.05) is 29.7 Å². The van der Waals surface area contributed by atoms with Crippen molar-refractivity contribution in [3.05, 3.63) is 63.2 Å². The Morgan fingerprint density at radius 2 is 2.00 bits per heavy atom. The number of ether oxygens (including phenoxy) is 2. The Morgan fingerprint density at radius 1 is 1.22 bits per heavy atom. The molecule has 32 heavy (non-hydrogen) atoms. The van der Waals surface area contributed by atoms with E-state index >= 15 is 0 Å². The quantitative estimate of drug-likeness (QED) is 0.498. The van der Waals surface area contributed by atoms with Crippen LogP contribution in [0.15, 0.2) is 30.3 Å². The number of carbonyl (C=O) groups is 2. The Bertz CT molecular complexity index is 1080. The molecule has 0 aliphatic carbocycles. The lowest BCUT2D eigenvalue weighted by molar-refractivity contribution is -0.132. The predicted molar refractivity (Wildman–Crippen MR) is 122 cm³/mol. The lowest BCUT2D eigenvalue weighted by atomic mass is 10.0. The molecule has 1 amide bonds. The minimum atomic E-state index is -0.237. The van der Waals surface area contributed by atoms with Crippen LogP contribution in [0.2, 0.25) is 5.02 Å². The minimum absolute atomic E-state index is 0.0466. The largest absolute Gasteiger partial charge is 0.495 e. The summed E-state index contributed by atoms with van der Waals surface area (Å²) in [5.41, 5.74) is 4.12. The van der Waals surface area contributed by atoms with Crippen molar-refractivity contribution in [2.45, 2.75) is 19.4 Å². The molecule has 0 unspecified atom stereocenters. The summed E-state index contributed by atoms with van der Waals surface area (Å²) in [6.45, 7) is 4.29. The van der Waals surface area contributed by atoms with Crippen molar-refractivity contribution in [3.63, 3.8) is 0 Å². The van der Waals surface area contributed by atoms with E-state index in [-0.39, 0.29) is 18.3 Å². The fourth-order valence-electron chi connectivity index (χ4n) is 4.14. The molecule has 2 aromatic rings. The maximum atomic E-state index is 12.8. The van der Waals surface area contributed by atoms with Gasteiger partial charge in [0.25, 0.3) is 0 Å². The topological polar surface area (TPSA) is 59.1 Å². The van der Waals surface area contributed by atoms with Crippen molar-refractivity contribution in [2.75, 3.05) is 39.8 Å². The Kier molecular flexibility index (Phi) is 6.69. The number of piperazine rings is 1. The van der Waals surface area contributed by atoms with Crippen LogP contribution < -0.4 is 4.74 Å². The Labute approximate surface area is 193 Å². The summed E-state index contributed by atoms with van der Waals surface area (Å²) in [5.74, 6) is 2.90. The van der Waals surface area contributed by atoms with Gasteiger partial charge in [0, 0.05) is 43.3 Å². The lowest BCUT2D eigenvalue weighted by Crippen LogP contribution is -2.49. The van der Waals surface area contributed by atoms with Gasteiger partial charge in [0.15, 0.2) is 0 Å². The average Bonchev–Trinajstić information content (AvgIpc) is 3.19. The molecule has 1 saturated heterocycles. The van der Waals surface area contributed by atoms with E-state index in [4.69, 9.17) is 27.5 Å². The number of terminal acetylenes is 1. The molecule has 0 aromatic heterocycles. The highest BCUT2D eigenvalue weighted by atomic mass is 35.5. The number of carbonyl (C=O) groups excluding carboxylic acids is 2. The monoisotopic (exact) mass is 452 g/mol. The molecule has 4 rings (SSSR count). The molecular formula is C25H25ClN2O4. The highest BCUT2D eigenvalue weighted by Crippen LogP contribution is 2.27. The van der Waals surface area contributed by atoms with E-state index in [1.807, 2.05) is 17.0 Å². The van der Waals surface area contributed by atoms with Crippen molar-refractivity contribution in [2.24, 2.45) is 0 Å². The maximum absolute atomic E-state index is 12.8. The summed E-state index contributed by atoms with van der Waals surface area (Å²) < 4.78 is 10.4. The van der Waals surface area contributed by atoms with Crippen LogP contribution in [-0.4, -0.2) is 61.5 Å². The van der Waals surface area contributed by atoms with Crippen molar-refractivity contribution in [3.8, 4) is 18.1 Å². The highest BCUT2D eigenvalue weighted by molar-refractivity contribution is 6.31. The molecule has 0 spiro atoms. The van der Waals surface area contributed by atoms with Crippen LogP contribution in [0.5, 0.6) is 5.75 Å². The molecule has 2 aliphatic heterocycles. The standard InChI is InChI=1S/C25H25ClN2O4/c1-3-18-13-22(26)19(14-23(18)31-2)15-24(29)28-10-8-27(9-11-28)7-6-17-4-5-21-20(12-17)16-32-25(21)30/h1,4-5,12-14H,6-11,15-16H2,2H3. The Balaban J connectivity index is 1.28. The summed E-state index contributed by atoms with van der Waals surface area (Å²) >= 11 is 6.33. The van der Waals surface area contributed by atoms with Gasteiger partial charge in [0.2, 0.25) is 5.91 Å². The molecule has 0 saturated carbocycles. The van der Waals surface area contributed by atoms with Crippen molar-refractivity contribution >= 4 is 23.5 Å². The van der Waals surface area contributed by atoms with Gasteiger partial charge >= 0.3 is 5.97 Å². The third-order valence-electron chi connectivity index (χ3n) is 6.06. The minimum Gasteiger partial charge on any atom is -0.495 e. The number of cyclic esters (lactones) is 1. The predicted octanol–water partition coefficient (Wildman–Crippen LogP) is 2.93. The number of amides is 1. The van der Waals surface area contributed by atoms with E-state index in [9.17, 15) is 9.59 Å². The number of hydrogen-bond donors (Lipinski definition) is 0. The van der Waals surface area contributed by atoms with Gasteiger partial charge in [0.05, 0.1) is 24.7 Å². The molecule has 0 radical (unpaired) electrons. The summed E-state index contributed by atoms with van der Waals surface area (Å²) in [6, 6.07) is 9.33. The van der Waals surface area contributed by atoms with Crippen LogP contribution in [-0.2, 0) is 29.0 Å². The van der Waals surface area contributed by atoms with Crippen molar-refractivity contribution in [1.82, 2.24) is 9.80 Å². The molecule has 2 aliphatic rings. The average molecular weight is 453 g/mol. The molecule has 2 heterocycles. The van der Waals surface area contributed by atoms with E-state index in [2.05, 4.69) is 16.9 Å². The van der Waals surface area contributed by atoms with Crippen LogP contribution in [0.1, 0.15) is 32.6 Å². The second kappa shape index (κ2) is 9.64. The summed E-state index contributed by atoms with van der Waals surface area (Å²) in [7, 11) is 1.55. The molecule has 0 N–H and O–H groups in total. The smallest absolute Gasteiger partial charge is 0.338 e. The first-order valence-electron chi connectivity index (χ1n) is 10.6. The second-order valence-corrected chi connectivity index (χ2v) is 8.41. The zero-order valence-electron chi connectivity index (χ0n) is 18.0. The van der Waals surface area contributed by atoms with Crippen molar-refractivity contribution < 1.29 is 19.1 Å². The van der Waals surface area contributed by atoms with Gasteiger partial charge in [0.1, 0.15) is 12.4 Å². The summed E-state index contributed by atoms with van der Waals surface area (Å²) in [5, 5.41) is 0.479. The van der Waals surface area contributed by atoms with Crippen molar-refractivity contribution in [1.29, 1.82) is 0 Å². The number of esters is 1. The maximum Gasteiger partial charge on any atom is 0.338 e. The molecule has 7 heteroatoms. The number of hydrogen-bond acceptors (Lipinski definition) is 5. The van der Waals surface area contributed by atoms with Crippen LogP contribution in [0.3, 0.4) is 0 Å². The first-order chi connectivity index (χ1) is 15.5. The number of fused-ring (bicyclic) bond motifs is 1. The van der Waals surface area contributed by atoms with Crippen LogP contribution in [0.25, 0.3) is 0 Å². The lowest BCUT2D eigenvalue weighted by Gasteiger charge is -2.35. The SMILES string of the molecule is C#Cc1cc(Cl)c(CC(=O)N2CCN(CCc3ccc4c(c3)COC4=O)CC2)cc1OC. The molecule has 166 valence electrons. The summed E-state index contributed by atoms with van der Waals surface area (Å²) in [6.07, 6.45) is 6.59. The van der Waals surface area contributed by atoms with Gasteiger partial charge in [-0.2, -0.15) is 0 Å². The van der Waals surface area contributed by atoms with E-state index in [0.717, 1.165) is 31.6 Å². The van der Waals surface area contributed by atoms with Gasteiger partial charge in [-0.25, -0.2) is 4.79 Å². The zero-order chi connectivity index (χ0) is 22.7. The summed E-state index contributed by atoms with van der Waals surface area (Å²) in [4.78, 5) is 28.6. The van der Waals surface area contributed by atoms with Gasteiger partial charge in [-0.15, -0.1) is 6.42 Å². The van der Waals surface area contributed by atoms with Crippen LogP contribution in [0, 0.1) is 12.3 Å². The van der Waals surface area contributed by atoms with Crippen LogP contribution in [0.4, 0.5) is 0 Å². The first-order valence-corrected chi connectivity index (χ1v) is 11.0. The Morgan fingerprint density at radius 3 is 2.72 bits per heavy atom. The third-order valence-corrected chi connectivity index (χ3v) is 6.41. The number of nitrogens with zero attached hydrogens (tertiary/aromatic N) is 2. The van der Waals surface area contributed by atoms with E-state index in [1.54, 1.807) is 19.2 Å². The number of rotatable bonds is 6. The fraction of sp³-hybridized carbons (Fsp3) is 0.360. The zero-order valence-corrected chi connectivity index (χ0v) is 18.8. The highest BCUT2D eigenvalue weighted by Gasteiger charge is 2.23. The molecule has 6 nitrogen and oxygen atoms in total. The van der Waals surface area contributed by atoms with E-state index in [0.29, 0.717) is 47.2 Å². The van der Waals surface area contributed by atoms with Gasteiger partial charge in [-0.05, 0) is 35.7 Å².